The summed E-state index contributed by atoms with van der Waals surface area (Å²) in [6, 6.07) is 10.7. The lowest BCUT2D eigenvalue weighted by atomic mass is 10.1. The van der Waals surface area contributed by atoms with Gasteiger partial charge in [-0.2, -0.15) is 0 Å². The van der Waals surface area contributed by atoms with E-state index >= 15 is 0 Å². The van der Waals surface area contributed by atoms with E-state index in [-0.39, 0.29) is 11.9 Å². The number of hydrogen-bond donors (Lipinski definition) is 1. The number of likely N-dealkylation sites (tertiary alicyclic amines) is 1. The zero-order valence-corrected chi connectivity index (χ0v) is 16.1. The van der Waals surface area contributed by atoms with Crippen molar-refractivity contribution in [2.75, 3.05) is 32.1 Å². The van der Waals surface area contributed by atoms with E-state index in [1.54, 1.807) is 0 Å². The van der Waals surface area contributed by atoms with E-state index in [2.05, 4.69) is 46.4 Å². The highest BCUT2D eigenvalue weighted by molar-refractivity contribution is 7.17. The van der Waals surface area contributed by atoms with Crippen LogP contribution in [0.4, 0.5) is 5.13 Å². The number of carbonyl (C=O) groups excluding carboxylic acids is 1. The Morgan fingerprint density at radius 2 is 2.04 bits per heavy atom. The van der Waals surface area contributed by atoms with Crippen molar-refractivity contribution in [1.82, 2.24) is 15.2 Å². The Hall–Kier alpha value is -1.92. The third-order valence-corrected chi connectivity index (χ3v) is 5.95. The average molecular weight is 359 g/mol. The van der Waals surface area contributed by atoms with Gasteiger partial charge in [-0.05, 0) is 18.4 Å². The number of anilines is 1. The van der Waals surface area contributed by atoms with Gasteiger partial charge in [0.2, 0.25) is 0 Å². The minimum Gasteiger partial charge on any atom is -0.354 e. The summed E-state index contributed by atoms with van der Waals surface area (Å²) in [5.74, 6) is 0.440. The summed E-state index contributed by atoms with van der Waals surface area (Å²) in [4.78, 5) is 22.2. The standard InChI is InChI=1S/C19H26N4OS/c1-13-10-23(11-15-8-6-5-7-9-15)12-16(13)21-18(24)17-14(2)20-19(25-17)22(3)4/h5-9,13,16H,10-12H2,1-4H3,(H,21,24). The van der Waals surface area contributed by atoms with E-state index in [4.69, 9.17) is 0 Å². The molecule has 25 heavy (non-hydrogen) atoms. The molecule has 6 heteroatoms. The number of hydrogen-bond acceptors (Lipinski definition) is 5. The third-order valence-electron chi connectivity index (χ3n) is 4.63. The van der Waals surface area contributed by atoms with Gasteiger partial charge >= 0.3 is 0 Å². The molecule has 1 aliphatic rings. The average Bonchev–Trinajstić information content (AvgIpc) is 3.12. The van der Waals surface area contributed by atoms with Gasteiger partial charge in [-0.25, -0.2) is 4.98 Å². The molecule has 0 saturated carbocycles. The summed E-state index contributed by atoms with van der Waals surface area (Å²) in [6.45, 7) is 6.94. The summed E-state index contributed by atoms with van der Waals surface area (Å²) >= 11 is 1.45. The van der Waals surface area contributed by atoms with Crippen molar-refractivity contribution < 1.29 is 4.79 Å². The fourth-order valence-electron chi connectivity index (χ4n) is 3.24. The van der Waals surface area contributed by atoms with Crippen LogP contribution in [0.5, 0.6) is 0 Å². The Kier molecular flexibility index (Phi) is 5.39. The van der Waals surface area contributed by atoms with Crippen molar-refractivity contribution in [3.8, 4) is 0 Å². The third kappa shape index (κ3) is 4.19. The first-order valence-electron chi connectivity index (χ1n) is 8.66. The number of carbonyl (C=O) groups is 1. The van der Waals surface area contributed by atoms with Gasteiger partial charge < -0.3 is 10.2 Å². The van der Waals surface area contributed by atoms with Crippen molar-refractivity contribution >= 4 is 22.4 Å². The Bertz CT molecular complexity index is 728. The number of thiazole rings is 1. The quantitative estimate of drug-likeness (QED) is 0.893. The molecule has 0 radical (unpaired) electrons. The van der Waals surface area contributed by atoms with E-state index in [0.717, 1.165) is 35.3 Å². The fourth-order valence-corrected chi connectivity index (χ4v) is 4.14. The second-order valence-corrected chi connectivity index (χ2v) is 8.02. The highest BCUT2D eigenvalue weighted by Crippen LogP contribution is 2.25. The van der Waals surface area contributed by atoms with Gasteiger partial charge in [0, 0.05) is 39.8 Å². The molecule has 1 saturated heterocycles. The molecule has 5 nitrogen and oxygen atoms in total. The summed E-state index contributed by atoms with van der Waals surface area (Å²) < 4.78 is 0. The Morgan fingerprint density at radius 3 is 2.68 bits per heavy atom. The van der Waals surface area contributed by atoms with E-state index in [9.17, 15) is 4.79 Å². The van der Waals surface area contributed by atoms with Crippen molar-refractivity contribution in [3.05, 3.63) is 46.5 Å². The maximum atomic E-state index is 12.7. The van der Waals surface area contributed by atoms with Crippen LogP contribution >= 0.6 is 11.3 Å². The minimum atomic E-state index is 0.00140. The topological polar surface area (TPSA) is 48.5 Å². The number of rotatable bonds is 5. The normalized spacial score (nSPS) is 20.6. The van der Waals surface area contributed by atoms with Crippen LogP contribution in [0.3, 0.4) is 0 Å². The number of nitrogens with one attached hydrogen (secondary N) is 1. The van der Waals surface area contributed by atoms with E-state index in [1.807, 2.05) is 32.0 Å². The maximum absolute atomic E-state index is 12.7. The number of aryl methyl sites for hydroxylation is 1. The molecule has 1 aromatic heterocycles. The number of aromatic nitrogens is 1. The van der Waals surface area contributed by atoms with Crippen molar-refractivity contribution in [3.63, 3.8) is 0 Å². The molecule has 1 aromatic carbocycles. The van der Waals surface area contributed by atoms with Gasteiger partial charge in [-0.15, -0.1) is 0 Å². The SMILES string of the molecule is Cc1nc(N(C)C)sc1C(=O)NC1CN(Cc2ccccc2)CC1C. The number of nitrogens with zero attached hydrogens (tertiary/aromatic N) is 3. The number of benzene rings is 1. The molecule has 1 aliphatic heterocycles. The van der Waals surface area contributed by atoms with E-state index in [0.29, 0.717) is 5.92 Å². The first kappa shape index (κ1) is 17.9. The number of amides is 1. The predicted octanol–water partition coefficient (Wildman–Crippen LogP) is 2.77. The fraction of sp³-hybridized carbons (Fsp3) is 0.474. The van der Waals surface area contributed by atoms with Crippen LogP contribution in [0.2, 0.25) is 0 Å². The summed E-state index contributed by atoms with van der Waals surface area (Å²) in [5, 5.41) is 4.09. The minimum absolute atomic E-state index is 0.00140. The van der Waals surface area contributed by atoms with Gasteiger partial charge in [0.05, 0.1) is 5.69 Å². The molecule has 2 aromatic rings. The zero-order valence-electron chi connectivity index (χ0n) is 15.3. The molecule has 3 rings (SSSR count). The zero-order chi connectivity index (χ0) is 18.0. The molecule has 1 N–H and O–H groups in total. The predicted molar refractivity (Wildman–Crippen MR) is 103 cm³/mol. The molecular formula is C19H26N4OS. The van der Waals surface area contributed by atoms with Crippen LogP contribution in [0.1, 0.15) is 27.9 Å². The Morgan fingerprint density at radius 1 is 1.32 bits per heavy atom. The van der Waals surface area contributed by atoms with Crippen LogP contribution in [-0.2, 0) is 6.54 Å². The lowest BCUT2D eigenvalue weighted by Gasteiger charge is -2.17. The van der Waals surface area contributed by atoms with E-state index < -0.39 is 0 Å². The van der Waals surface area contributed by atoms with Crippen LogP contribution < -0.4 is 10.2 Å². The van der Waals surface area contributed by atoms with Crippen LogP contribution in [0.25, 0.3) is 0 Å². The molecule has 1 fully saturated rings. The van der Waals surface area contributed by atoms with Crippen molar-refractivity contribution in [1.29, 1.82) is 0 Å². The summed E-state index contributed by atoms with van der Waals surface area (Å²) in [7, 11) is 3.89. The molecular weight excluding hydrogens is 332 g/mol. The Balaban J connectivity index is 1.62. The molecule has 2 atom stereocenters. The van der Waals surface area contributed by atoms with Crippen molar-refractivity contribution in [2.24, 2.45) is 5.92 Å². The first-order chi connectivity index (χ1) is 11.9. The molecule has 0 bridgehead atoms. The lowest BCUT2D eigenvalue weighted by molar-refractivity contribution is 0.0934. The van der Waals surface area contributed by atoms with Gasteiger partial charge in [0.1, 0.15) is 4.88 Å². The van der Waals surface area contributed by atoms with Gasteiger partial charge in [-0.1, -0.05) is 48.6 Å². The second-order valence-electron chi connectivity index (χ2n) is 7.04. The summed E-state index contributed by atoms with van der Waals surface area (Å²) in [5.41, 5.74) is 2.12. The highest BCUT2D eigenvalue weighted by Gasteiger charge is 2.31. The second kappa shape index (κ2) is 7.54. The van der Waals surface area contributed by atoms with Gasteiger partial charge in [-0.3, -0.25) is 9.69 Å². The Labute approximate surface area is 153 Å². The molecule has 0 spiro atoms. The largest absolute Gasteiger partial charge is 0.354 e. The van der Waals surface area contributed by atoms with Gasteiger partial charge in [0.15, 0.2) is 5.13 Å². The molecule has 1 amide bonds. The smallest absolute Gasteiger partial charge is 0.263 e. The monoisotopic (exact) mass is 358 g/mol. The molecule has 2 unspecified atom stereocenters. The first-order valence-corrected chi connectivity index (χ1v) is 9.47. The maximum Gasteiger partial charge on any atom is 0.263 e. The van der Waals surface area contributed by atoms with Crippen LogP contribution in [0, 0.1) is 12.8 Å². The molecule has 2 heterocycles. The molecule has 134 valence electrons. The van der Waals surface area contributed by atoms with Crippen LogP contribution in [-0.4, -0.2) is 49.0 Å². The highest BCUT2D eigenvalue weighted by atomic mass is 32.1. The van der Waals surface area contributed by atoms with Gasteiger partial charge in [0.25, 0.3) is 5.91 Å². The van der Waals surface area contributed by atoms with E-state index in [1.165, 1.54) is 16.9 Å². The summed E-state index contributed by atoms with van der Waals surface area (Å²) in [6.07, 6.45) is 0. The lowest BCUT2D eigenvalue weighted by Crippen LogP contribution is -2.39. The van der Waals surface area contributed by atoms with Crippen LogP contribution in [0.15, 0.2) is 30.3 Å². The van der Waals surface area contributed by atoms with Crippen molar-refractivity contribution in [2.45, 2.75) is 26.4 Å². The molecule has 0 aliphatic carbocycles.